The van der Waals surface area contributed by atoms with Crippen molar-refractivity contribution in [1.29, 1.82) is 0 Å². The minimum atomic E-state index is -0.425. The first-order chi connectivity index (χ1) is 11.5. The van der Waals surface area contributed by atoms with Crippen LogP contribution < -0.4 is 4.90 Å². The Kier molecular flexibility index (Phi) is 3.15. The number of aromatic nitrogens is 6. The van der Waals surface area contributed by atoms with E-state index in [2.05, 4.69) is 25.7 Å². The maximum absolute atomic E-state index is 14.2. The normalized spacial score (nSPS) is 14.4. The molecule has 0 fully saturated rings. The number of ketones is 1. The summed E-state index contributed by atoms with van der Waals surface area (Å²) in [6.45, 7) is 2.12. The van der Waals surface area contributed by atoms with Crippen LogP contribution in [0.1, 0.15) is 12.5 Å². The third-order valence-corrected chi connectivity index (χ3v) is 4.36. The van der Waals surface area contributed by atoms with Crippen molar-refractivity contribution in [3.63, 3.8) is 0 Å². The molecular formula is C15H14FN7O. The molecule has 0 atom stereocenters. The highest BCUT2D eigenvalue weighted by molar-refractivity contribution is 5.98. The van der Waals surface area contributed by atoms with Crippen molar-refractivity contribution in [3.05, 3.63) is 41.0 Å². The SMILES string of the molecule is CC1=C(C(=O)Cc2cc3cn[nH]c3cc2F)Cn2nnnc2N1C. The number of anilines is 1. The Morgan fingerprint density at radius 1 is 1.42 bits per heavy atom. The fourth-order valence-electron chi connectivity index (χ4n) is 2.88. The van der Waals surface area contributed by atoms with Gasteiger partial charge in [0.1, 0.15) is 5.82 Å². The third-order valence-electron chi connectivity index (χ3n) is 4.36. The summed E-state index contributed by atoms with van der Waals surface area (Å²) < 4.78 is 15.8. The monoisotopic (exact) mass is 327 g/mol. The summed E-state index contributed by atoms with van der Waals surface area (Å²) in [5.41, 5.74) is 2.30. The van der Waals surface area contributed by atoms with E-state index in [1.165, 1.54) is 6.07 Å². The molecule has 1 aliphatic rings. The number of nitrogens with zero attached hydrogens (tertiary/aromatic N) is 6. The highest BCUT2D eigenvalue weighted by atomic mass is 19.1. The number of Topliss-reactive ketones (excluding diaryl/α,β-unsaturated/α-hetero) is 1. The molecule has 0 saturated heterocycles. The topological polar surface area (TPSA) is 92.6 Å². The highest BCUT2D eigenvalue weighted by Gasteiger charge is 2.26. The van der Waals surface area contributed by atoms with Crippen LogP contribution >= 0.6 is 0 Å². The molecule has 0 amide bonds. The number of H-pyrrole nitrogens is 1. The Morgan fingerprint density at radius 3 is 3.08 bits per heavy atom. The van der Waals surface area contributed by atoms with Gasteiger partial charge in [-0.3, -0.25) is 9.89 Å². The van der Waals surface area contributed by atoms with Crippen LogP contribution in [0.3, 0.4) is 0 Å². The Hall–Kier alpha value is -3.10. The van der Waals surface area contributed by atoms with Crippen molar-refractivity contribution in [3.8, 4) is 0 Å². The number of hydrogen-bond acceptors (Lipinski definition) is 6. The number of allylic oxidation sites excluding steroid dienone is 2. The van der Waals surface area contributed by atoms with Crippen LogP contribution in [0.25, 0.3) is 10.9 Å². The van der Waals surface area contributed by atoms with E-state index in [0.29, 0.717) is 22.6 Å². The lowest BCUT2D eigenvalue weighted by Crippen LogP contribution is -2.30. The molecule has 0 radical (unpaired) electrons. The first-order valence-electron chi connectivity index (χ1n) is 7.39. The summed E-state index contributed by atoms with van der Waals surface area (Å²) in [5.74, 6) is 0.00270. The fraction of sp³-hybridized carbons (Fsp3) is 0.267. The number of carbonyl (C=O) groups is 1. The van der Waals surface area contributed by atoms with Gasteiger partial charge in [0.2, 0.25) is 5.95 Å². The van der Waals surface area contributed by atoms with Crippen LogP contribution in [0.2, 0.25) is 0 Å². The molecule has 3 heterocycles. The molecule has 9 heteroatoms. The number of rotatable bonds is 3. The van der Waals surface area contributed by atoms with Crippen LogP contribution in [0.5, 0.6) is 0 Å². The van der Waals surface area contributed by atoms with E-state index in [9.17, 15) is 9.18 Å². The molecule has 1 N–H and O–H groups in total. The molecule has 24 heavy (non-hydrogen) atoms. The van der Waals surface area contributed by atoms with E-state index in [1.807, 2.05) is 6.92 Å². The molecule has 1 aromatic carbocycles. The van der Waals surface area contributed by atoms with Crippen molar-refractivity contribution in [2.45, 2.75) is 19.9 Å². The number of carbonyl (C=O) groups excluding carboxylic acids is 1. The van der Waals surface area contributed by atoms with E-state index >= 15 is 0 Å². The predicted octanol–water partition coefficient (Wildman–Crippen LogP) is 1.22. The maximum atomic E-state index is 14.2. The molecule has 0 saturated carbocycles. The second-order valence-corrected chi connectivity index (χ2v) is 5.76. The van der Waals surface area contributed by atoms with Crippen molar-refractivity contribution in [1.82, 2.24) is 30.4 Å². The first-order valence-corrected chi connectivity index (χ1v) is 7.39. The van der Waals surface area contributed by atoms with Gasteiger partial charge in [-0.2, -0.15) is 5.10 Å². The van der Waals surface area contributed by atoms with E-state index in [0.717, 1.165) is 11.1 Å². The summed E-state index contributed by atoms with van der Waals surface area (Å²) >= 11 is 0. The van der Waals surface area contributed by atoms with Crippen LogP contribution in [0.4, 0.5) is 10.3 Å². The lowest BCUT2D eigenvalue weighted by atomic mass is 9.99. The molecule has 0 aliphatic carbocycles. The molecule has 8 nitrogen and oxygen atoms in total. The van der Waals surface area contributed by atoms with E-state index in [-0.39, 0.29) is 18.7 Å². The number of benzene rings is 1. The Labute approximate surface area is 135 Å². The molecule has 3 aromatic rings. The number of tetrazole rings is 1. The fourth-order valence-corrected chi connectivity index (χ4v) is 2.88. The zero-order chi connectivity index (χ0) is 16.8. The van der Waals surface area contributed by atoms with Gasteiger partial charge >= 0.3 is 0 Å². The van der Waals surface area contributed by atoms with Crippen LogP contribution in [-0.4, -0.2) is 43.2 Å². The second kappa shape index (κ2) is 5.22. The smallest absolute Gasteiger partial charge is 0.249 e. The molecule has 0 spiro atoms. The average Bonchev–Trinajstić information content (AvgIpc) is 3.19. The van der Waals surface area contributed by atoms with Crippen molar-refractivity contribution < 1.29 is 9.18 Å². The van der Waals surface area contributed by atoms with E-state index in [1.54, 1.807) is 28.9 Å². The van der Waals surface area contributed by atoms with Crippen molar-refractivity contribution in [2.75, 3.05) is 11.9 Å². The quantitative estimate of drug-likeness (QED) is 0.778. The van der Waals surface area contributed by atoms with Gasteiger partial charge in [-0.25, -0.2) is 9.07 Å². The first kappa shape index (κ1) is 14.5. The van der Waals surface area contributed by atoms with Gasteiger partial charge in [-0.1, -0.05) is 5.10 Å². The number of hydrogen-bond donors (Lipinski definition) is 1. The molecule has 122 valence electrons. The van der Waals surface area contributed by atoms with Crippen LogP contribution in [-0.2, 0) is 17.8 Å². The molecule has 1 aliphatic heterocycles. The number of halogens is 1. The number of nitrogens with one attached hydrogen (secondary N) is 1. The average molecular weight is 327 g/mol. The minimum Gasteiger partial charge on any atom is -0.316 e. The molecular weight excluding hydrogens is 313 g/mol. The summed E-state index contributed by atoms with van der Waals surface area (Å²) in [6.07, 6.45) is 1.58. The largest absolute Gasteiger partial charge is 0.316 e. The number of aromatic amines is 1. The maximum Gasteiger partial charge on any atom is 0.249 e. The molecule has 4 rings (SSSR count). The lowest BCUT2D eigenvalue weighted by Gasteiger charge is -2.26. The lowest BCUT2D eigenvalue weighted by molar-refractivity contribution is -0.115. The predicted molar refractivity (Wildman–Crippen MR) is 83.7 cm³/mol. The van der Waals surface area contributed by atoms with E-state index < -0.39 is 5.82 Å². The Morgan fingerprint density at radius 2 is 2.25 bits per heavy atom. The van der Waals surface area contributed by atoms with Gasteiger partial charge in [-0.15, -0.1) is 0 Å². The summed E-state index contributed by atoms with van der Waals surface area (Å²) in [4.78, 5) is 14.5. The summed E-state index contributed by atoms with van der Waals surface area (Å²) in [7, 11) is 1.79. The third kappa shape index (κ3) is 2.16. The summed E-state index contributed by atoms with van der Waals surface area (Å²) in [5, 5.41) is 18.8. The standard InChI is InChI=1S/C15H14FN7O/c1-8-11(7-23-15(22(8)2)19-20-21-23)14(24)4-9-3-10-6-17-18-13(10)5-12(9)16/h3,5-6H,4,7H2,1-2H3,(H,17,18). The molecule has 0 bridgehead atoms. The van der Waals surface area contributed by atoms with Crippen molar-refractivity contribution >= 4 is 22.6 Å². The minimum absolute atomic E-state index is 0.0229. The van der Waals surface area contributed by atoms with Crippen LogP contribution in [0.15, 0.2) is 29.6 Å². The van der Waals surface area contributed by atoms with Gasteiger partial charge < -0.3 is 4.90 Å². The van der Waals surface area contributed by atoms with Gasteiger partial charge in [0, 0.05) is 30.1 Å². The molecule has 2 aromatic heterocycles. The Bertz CT molecular complexity index is 987. The zero-order valence-electron chi connectivity index (χ0n) is 13.1. The van der Waals surface area contributed by atoms with Gasteiger partial charge in [-0.05, 0) is 35.0 Å². The van der Waals surface area contributed by atoms with Crippen LogP contribution in [0, 0.1) is 5.82 Å². The zero-order valence-corrected chi connectivity index (χ0v) is 13.1. The van der Waals surface area contributed by atoms with E-state index in [4.69, 9.17) is 0 Å². The number of fused-ring (bicyclic) bond motifs is 2. The summed E-state index contributed by atoms with van der Waals surface area (Å²) in [6, 6.07) is 3.01. The van der Waals surface area contributed by atoms with Gasteiger partial charge in [0.25, 0.3) is 0 Å². The second-order valence-electron chi connectivity index (χ2n) is 5.76. The van der Waals surface area contributed by atoms with Gasteiger partial charge in [0.05, 0.1) is 18.3 Å². The van der Waals surface area contributed by atoms with Gasteiger partial charge in [0.15, 0.2) is 5.78 Å². The molecule has 0 unspecified atom stereocenters. The Balaban J connectivity index is 1.66. The van der Waals surface area contributed by atoms with Crippen molar-refractivity contribution in [2.24, 2.45) is 0 Å². The highest BCUT2D eigenvalue weighted by Crippen LogP contribution is 2.25.